The van der Waals surface area contributed by atoms with E-state index in [-0.39, 0.29) is 5.82 Å². The molecule has 0 saturated heterocycles. The molecule has 0 aliphatic rings. The van der Waals surface area contributed by atoms with E-state index < -0.39 is 8.24 Å². The Balaban J connectivity index is 2.51. The van der Waals surface area contributed by atoms with Crippen LogP contribution in [0.25, 0.3) is 0 Å². The molecule has 0 bridgehead atoms. The molecule has 0 spiro atoms. The lowest BCUT2D eigenvalue weighted by Gasteiger charge is -2.24. The van der Waals surface area contributed by atoms with Crippen LogP contribution in [0, 0.1) is 5.82 Å². The van der Waals surface area contributed by atoms with E-state index in [2.05, 4.69) is 31.5 Å². The fraction of sp³-hybridized carbons (Fsp3) is 0.500. The van der Waals surface area contributed by atoms with Crippen LogP contribution in [0.4, 0.5) is 4.39 Å². The Labute approximate surface area is 92.8 Å². The minimum absolute atomic E-state index is 0.162. The molecule has 3 heteroatoms. The van der Waals surface area contributed by atoms with Gasteiger partial charge in [-0.05, 0) is 24.1 Å². The van der Waals surface area contributed by atoms with Crippen molar-refractivity contribution in [2.75, 3.05) is 0 Å². The first-order chi connectivity index (χ1) is 6.87. The number of hydrogen-bond donors (Lipinski definition) is 1. The van der Waals surface area contributed by atoms with Gasteiger partial charge in [-0.25, -0.2) is 4.39 Å². The van der Waals surface area contributed by atoms with Gasteiger partial charge in [0, 0.05) is 6.04 Å². The molecule has 1 N–H and O–H groups in total. The van der Waals surface area contributed by atoms with Gasteiger partial charge in [-0.1, -0.05) is 38.7 Å². The van der Waals surface area contributed by atoms with E-state index in [0.717, 1.165) is 6.42 Å². The van der Waals surface area contributed by atoms with Crippen molar-refractivity contribution in [2.24, 2.45) is 0 Å². The highest BCUT2D eigenvalue weighted by molar-refractivity contribution is 6.73. The van der Waals surface area contributed by atoms with Gasteiger partial charge >= 0.3 is 0 Å². The van der Waals surface area contributed by atoms with Crippen LogP contribution < -0.4 is 4.98 Å². The molecule has 15 heavy (non-hydrogen) atoms. The van der Waals surface area contributed by atoms with E-state index in [1.165, 1.54) is 17.7 Å². The Bertz CT molecular complexity index is 302. The molecule has 1 atom stereocenters. The molecule has 1 rings (SSSR count). The minimum Gasteiger partial charge on any atom is -0.335 e. The Morgan fingerprint density at radius 3 is 2.20 bits per heavy atom. The lowest BCUT2D eigenvalue weighted by molar-refractivity contribution is 0.623. The molecule has 0 aliphatic heterocycles. The highest BCUT2D eigenvalue weighted by Crippen LogP contribution is 2.07. The van der Waals surface area contributed by atoms with Crippen molar-refractivity contribution in [3.8, 4) is 0 Å². The first-order valence-corrected chi connectivity index (χ1v) is 8.89. The topological polar surface area (TPSA) is 12.0 Å². The average Bonchev–Trinajstić information content (AvgIpc) is 2.05. The number of rotatable bonds is 4. The van der Waals surface area contributed by atoms with Gasteiger partial charge in [-0.15, -0.1) is 0 Å². The molecule has 1 nitrogen and oxygen atoms in total. The number of nitrogens with one attached hydrogen (secondary N) is 1. The van der Waals surface area contributed by atoms with Crippen LogP contribution in [0.1, 0.15) is 12.5 Å². The van der Waals surface area contributed by atoms with Crippen LogP contribution in [0.15, 0.2) is 24.3 Å². The van der Waals surface area contributed by atoms with E-state index in [1.807, 2.05) is 12.1 Å². The van der Waals surface area contributed by atoms with Gasteiger partial charge in [0.1, 0.15) is 14.1 Å². The van der Waals surface area contributed by atoms with E-state index in [0.29, 0.717) is 6.04 Å². The van der Waals surface area contributed by atoms with Crippen molar-refractivity contribution in [2.45, 2.75) is 39.0 Å². The average molecular weight is 225 g/mol. The molecule has 0 fully saturated rings. The SMILES string of the molecule is CC(Cc1ccc(F)cc1)N[Si](C)(C)C. The van der Waals surface area contributed by atoms with Gasteiger partial charge < -0.3 is 4.98 Å². The molecule has 1 aromatic carbocycles. The predicted molar refractivity (Wildman–Crippen MR) is 66.0 cm³/mol. The fourth-order valence-electron chi connectivity index (χ4n) is 1.76. The summed E-state index contributed by atoms with van der Waals surface area (Å²) in [6.07, 6.45) is 0.963. The van der Waals surface area contributed by atoms with E-state index in [1.54, 1.807) is 0 Å². The van der Waals surface area contributed by atoms with Gasteiger partial charge in [0.25, 0.3) is 0 Å². The van der Waals surface area contributed by atoms with Crippen LogP contribution in [-0.2, 0) is 6.42 Å². The van der Waals surface area contributed by atoms with Gasteiger partial charge in [0.15, 0.2) is 0 Å². The monoisotopic (exact) mass is 225 g/mol. The van der Waals surface area contributed by atoms with Crippen LogP contribution in [-0.4, -0.2) is 14.3 Å². The van der Waals surface area contributed by atoms with Crippen LogP contribution >= 0.6 is 0 Å². The van der Waals surface area contributed by atoms with Crippen molar-refractivity contribution in [3.63, 3.8) is 0 Å². The molecule has 1 unspecified atom stereocenters. The Morgan fingerprint density at radius 2 is 1.73 bits per heavy atom. The molecule has 0 saturated carbocycles. The van der Waals surface area contributed by atoms with Gasteiger partial charge in [0.05, 0.1) is 0 Å². The molecule has 0 aromatic heterocycles. The molecule has 0 heterocycles. The first-order valence-electron chi connectivity index (χ1n) is 5.39. The third kappa shape index (κ3) is 5.09. The summed E-state index contributed by atoms with van der Waals surface area (Å²) in [5.74, 6) is -0.162. The fourth-order valence-corrected chi connectivity index (χ4v) is 3.34. The summed E-state index contributed by atoms with van der Waals surface area (Å²) in [7, 11) is -1.21. The third-order valence-corrected chi connectivity index (χ3v) is 3.49. The highest BCUT2D eigenvalue weighted by Gasteiger charge is 2.16. The summed E-state index contributed by atoms with van der Waals surface area (Å²) in [4.78, 5) is 3.63. The molecule has 0 radical (unpaired) electrons. The van der Waals surface area contributed by atoms with Crippen LogP contribution in [0.2, 0.25) is 19.6 Å². The molecule has 0 amide bonds. The van der Waals surface area contributed by atoms with Crippen LogP contribution in [0.5, 0.6) is 0 Å². The summed E-state index contributed by atoms with van der Waals surface area (Å²) < 4.78 is 12.7. The zero-order valence-electron chi connectivity index (χ0n) is 9.97. The molecule has 0 aliphatic carbocycles. The van der Waals surface area contributed by atoms with Crippen molar-refractivity contribution in [3.05, 3.63) is 35.6 Å². The maximum absolute atomic E-state index is 12.7. The Kier molecular flexibility index (Phi) is 4.05. The van der Waals surface area contributed by atoms with Crippen LogP contribution in [0.3, 0.4) is 0 Å². The standard InChI is InChI=1S/C12H20FNSi/c1-10(14-15(2,3)4)9-11-5-7-12(13)8-6-11/h5-8,10,14H,9H2,1-4H3. The van der Waals surface area contributed by atoms with E-state index >= 15 is 0 Å². The van der Waals surface area contributed by atoms with Crippen molar-refractivity contribution < 1.29 is 4.39 Å². The largest absolute Gasteiger partial charge is 0.335 e. The maximum Gasteiger partial charge on any atom is 0.123 e. The molecule has 84 valence electrons. The Hall–Kier alpha value is -0.673. The maximum atomic E-state index is 12.7. The van der Waals surface area contributed by atoms with Crippen molar-refractivity contribution >= 4 is 8.24 Å². The van der Waals surface area contributed by atoms with Gasteiger partial charge in [0.2, 0.25) is 0 Å². The molecular formula is C12H20FNSi. The van der Waals surface area contributed by atoms with Crippen molar-refractivity contribution in [1.82, 2.24) is 4.98 Å². The number of benzene rings is 1. The quantitative estimate of drug-likeness (QED) is 0.776. The third-order valence-electron chi connectivity index (χ3n) is 2.13. The normalized spacial score (nSPS) is 13.9. The number of hydrogen-bond acceptors (Lipinski definition) is 1. The summed E-state index contributed by atoms with van der Waals surface area (Å²) >= 11 is 0. The summed E-state index contributed by atoms with van der Waals surface area (Å²) in [6, 6.07) is 7.23. The summed E-state index contributed by atoms with van der Waals surface area (Å²) in [5.41, 5.74) is 1.19. The summed E-state index contributed by atoms with van der Waals surface area (Å²) in [5, 5.41) is 0. The molecule has 1 aromatic rings. The Morgan fingerprint density at radius 1 is 1.20 bits per heavy atom. The second kappa shape index (κ2) is 4.90. The number of halogens is 1. The lowest BCUT2D eigenvalue weighted by Crippen LogP contribution is -2.47. The van der Waals surface area contributed by atoms with Gasteiger partial charge in [-0.2, -0.15) is 0 Å². The van der Waals surface area contributed by atoms with Gasteiger partial charge in [-0.3, -0.25) is 0 Å². The second-order valence-electron chi connectivity index (χ2n) is 5.13. The zero-order chi connectivity index (χ0) is 11.5. The highest BCUT2D eigenvalue weighted by atomic mass is 28.3. The minimum atomic E-state index is -1.21. The van der Waals surface area contributed by atoms with E-state index in [4.69, 9.17) is 0 Å². The van der Waals surface area contributed by atoms with E-state index in [9.17, 15) is 4.39 Å². The van der Waals surface area contributed by atoms with Crippen molar-refractivity contribution in [1.29, 1.82) is 0 Å². The summed E-state index contributed by atoms with van der Waals surface area (Å²) in [6.45, 7) is 9.04. The predicted octanol–water partition coefficient (Wildman–Crippen LogP) is 3.18. The molecular weight excluding hydrogens is 205 g/mol. The zero-order valence-corrected chi connectivity index (χ0v) is 11.0. The smallest absolute Gasteiger partial charge is 0.123 e. The lowest BCUT2D eigenvalue weighted by atomic mass is 10.1. The second-order valence-corrected chi connectivity index (χ2v) is 9.91. The first kappa shape index (κ1) is 12.4.